The van der Waals surface area contributed by atoms with Crippen LogP contribution < -0.4 is 5.32 Å². The first-order valence-corrected chi connectivity index (χ1v) is 8.61. The van der Waals surface area contributed by atoms with E-state index >= 15 is 0 Å². The van der Waals surface area contributed by atoms with Crippen LogP contribution in [0.2, 0.25) is 0 Å². The van der Waals surface area contributed by atoms with E-state index in [-0.39, 0.29) is 36.2 Å². The summed E-state index contributed by atoms with van der Waals surface area (Å²) in [4.78, 5) is 12.5. The highest BCUT2D eigenvalue weighted by Crippen LogP contribution is 2.30. The van der Waals surface area contributed by atoms with Crippen molar-refractivity contribution in [2.24, 2.45) is 0 Å². The van der Waals surface area contributed by atoms with Gasteiger partial charge >= 0.3 is 0 Å². The van der Waals surface area contributed by atoms with Crippen molar-refractivity contribution in [3.8, 4) is 11.5 Å². The molecule has 0 saturated heterocycles. The molecule has 0 heterocycles. The lowest BCUT2D eigenvalue weighted by Gasteiger charge is -2.18. The van der Waals surface area contributed by atoms with Crippen LogP contribution in [0.15, 0.2) is 72.8 Å². The summed E-state index contributed by atoms with van der Waals surface area (Å²) < 4.78 is 14.3. The second kappa shape index (κ2) is 8.36. The second-order valence-electron chi connectivity index (χ2n) is 6.28. The number of hydrogen-bond donors (Lipinski definition) is 3. The van der Waals surface area contributed by atoms with Crippen molar-refractivity contribution in [1.82, 2.24) is 5.32 Å². The first-order valence-electron chi connectivity index (χ1n) is 8.61. The largest absolute Gasteiger partial charge is 0.508 e. The zero-order valence-corrected chi connectivity index (χ0v) is 14.6. The lowest BCUT2D eigenvalue weighted by Crippen LogP contribution is -2.25. The van der Waals surface area contributed by atoms with Crippen LogP contribution in [0, 0.1) is 5.82 Å². The lowest BCUT2D eigenvalue weighted by molar-refractivity contribution is -0.121. The van der Waals surface area contributed by atoms with Gasteiger partial charge in [-0.1, -0.05) is 48.5 Å². The van der Waals surface area contributed by atoms with Crippen molar-refractivity contribution < 1.29 is 19.4 Å². The first-order chi connectivity index (χ1) is 13.0. The molecule has 138 valence electrons. The number of hydrogen-bond acceptors (Lipinski definition) is 3. The van der Waals surface area contributed by atoms with Crippen LogP contribution >= 0.6 is 0 Å². The van der Waals surface area contributed by atoms with E-state index in [2.05, 4.69) is 5.32 Å². The van der Waals surface area contributed by atoms with Crippen molar-refractivity contribution in [3.05, 3.63) is 95.3 Å². The molecule has 0 fully saturated rings. The van der Waals surface area contributed by atoms with Gasteiger partial charge in [-0.2, -0.15) is 0 Å². The van der Waals surface area contributed by atoms with E-state index < -0.39 is 5.92 Å². The summed E-state index contributed by atoms with van der Waals surface area (Å²) in [5.41, 5.74) is 1.81. The Hall–Kier alpha value is -3.34. The fraction of sp³-hybridized carbons (Fsp3) is 0.136. The van der Waals surface area contributed by atoms with Crippen LogP contribution in [0.5, 0.6) is 11.5 Å². The first kappa shape index (κ1) is 18.5. The Morgan fingerprint density at radius 2 is 1.67 bits per heavy atom. The summed E-state index contributed by atoms with van der Waals surface area (Å²) >= 11 is 0. The van der Waals surface area contributed by atoms with Crippen molar-refractivity contribution in [2.45, 2.75) is 18.9 Å². The van der Waals surface area contributed by atoms with E-state index in [1.54, 1.807) is 18.2 Å². The SMILES string of the molecule is O=C(CC(c1ccccc1)c1ccccc1F)NCc1ccc(O)cc1O. The van der Waals surface area contributed by atoms with Gasteiger partial charge in [0, 0.05) is 30.5 Å². The summed E-state index contributed by atoms with van der Waals surface area (Å²) in [5, 5.41) is 21.9. The molecule has 5 heteroatoms. The molecule has 0 aromatic heterocycles. The van der Waals surface area contributed by atoms with E-state index in [4.69, 9.17) is 0 Å². The van der Waals surface area contributed by atoms with Crippen LogP contribution in [0.4, 0.5) is 4.39 Å². The molecule has 3 aromatic carbocycles. The quantitative estimate of drug-likeness (QED) is 0.617. The molecule has 3 rings (SSSR count). The molecule has 1 unspecified atom stereocenters. The maximum atomic E-state index is 14.3. The van der Waals surface area contributed by atoms with Crippen LogP contribution in [-0.2, 0) is 11.3 Å². The Kier molecular flexibility index (Phi) is 5.71. The average molecular weight is 365 g/mol. The van der Waals surface area contributed by atoms with E-state index in [1.807, 2.05) is 30.3 Å². The zero-order valence-electron chi connectivity index (χ0n) is 14.6. The molecule has 1 atom stereocenters. The van der Waals surface area contributed by atoms with E-state index in [9.17, 15) is 19.4 Å². The summed E-state index contributed by atoms with van der Waals surface area (Å²) in [6.45, 7) is 0.115. The molecule has 3 aromatic rings. The van der Waals surface area contributed by atoms with E-state index in [0.717, 1.165) is 5.56 Å². The van der Waals surface area contributed by atoms with Gasteiger partial charge in [-0.3, -0.25) is 4.79 Å². The van der Waals surface area contributed by atoms with Crippen molar-refractivity contribution in [3.63, 3.8) is 0 Å². The van der Waals surface area contributed by atoms with Gasteiger partial charge < -0.3 is 15.5 Å². The van der Waals surface area contributed by atoms with Crippen molar-refractivity contribution in [2.75, 3.05) is 0 Å². The van der Waals surface area contributed by atoms with E-state index in [0.29, 0.717) is 11.1 Å². The van der Waals surface area contributed by atoms with Crippen LogP contribution in [0.3, 0.4) is 0 Å². The van der Waals surface area contributed by atoms with Crippen LogP contribution in [0.25, 0.3) is 0 Å². The monoisotopic (exact) mass is 365 g/mol. The molecule has 0 aliphatic heterocycles. The van der Waals surface area contributed by atoms with Gasteiger partial charge in [0.25, 0.3) is 0 Å². The molecule has 0 aliphatic rings. The second-order valence-corrected chi connectivity index (χ2v) is 6.28. The lowest BCUT2D eigenvalue weighted by atomic mass is 9.88. The highest BCUT2D eigenvalue weighted by Gasteiger charge is 2.21. The van der Waals surface area contributed by atoms with Gasteiger partial charge in [0.05, 0.1) is 0 Å². The van der Waals surface area contributed by atoms with Crippen LogP contribution in [-0.4, -0.2) is 16.1 Å². The predicted molar refractivity (Wildman–Crippen MR) is 101 cm³/mol. The topological polar surface area (TPSA) is 69.6 Å². The average Bonchev–Trinajstić information content (AvgIpc) is 2.67. The van der Waals surface area contributed by atoms with Crippen LogP contribution in [0.1, 0.15) is 29.0 Å². The van der Waals surface area contributed by atoms with Crippen molar-refractivity contribution >= 4 is 5.91 Å². The summed E-state index contributed by atoms with van der Waals surface area (Å²) in [5.74, 6) is -1.17. The molecule has 0 radical (unpaired) electrons. The molecule has 1 amide bonds. The molecule has 4 nitrogen and oxygen atoms in total. The van der Waals surface area contributed by atoms with Gasteiger partial charge in [0.1, 0.15) is 17.3 Å². The Morgan fingerprint density at radius 1 is 0.963 bits per heavy atom. The standard InChI is InChI=1S/C22H20FNO3/c23-20-9-5-4-8-18(20)19(15-6-2-1-3-7-15)13-22(27)24-14-16-10-11-17(25)12-21(16)26/h1-12,19,25-26H,13-14H2,(H,24,27). The number of phenols is 2. The Bertz CT molecular complexity index is 928. The Balaban J connectivity index is 1.76. The molecular weight excluding hydrogens is 345 g/mol. The fourth-order valence-electron chi connectivity index (χ4n) is 3.00. The highest BCUT2D eigenvalue weighted by atomic mass is 19.1. The molecular formula is C22H20FNO3. The normalized spacial score (nSPS) is 11.7. The zero-order chi connectivity index (χ0) is 19.2. The Morgan fingerprint density at radius 3 is 2.37 bits per heavy atom. The minimum atomic E-state index is -0.416. The fourth-order valence-corrected chi connectivity index (χ4v) is 3.00. The molecule has 0 saturated carbocycles. The molecule has 0 bridgehead atoms. The smallest absolute Gasteiger partial charge is 0.221 e. The number of benzene rings is 3. The third kappa shape index (κ3) is 4.64. The van der Waals surface area contributed by atoms with Gasteiger partial charge in [-0.15, -0.1) is 0 Å². The highest BCUT2D eigenvalue weighted by molar-refractivity contribution is 5.77. The summed E-state index contributed by atoms with van der Waals surface area (Å²) in [6.07, 6.45) is 0.0732. The molecule has 0 aliphatic carbocycles. The maximum Gasteiger partial charge on any atom is 0.221 e. The third-order valence-electron chi connectivity index (χ3n) is 4.42. The third-order valence-corrected chi connectivity index (χ3v) is 4.42. The van der Waals surface area contributed by atoms with Gasteiger partial charge in [0.2, 0.25) is 5.91 Å². The summed E-state index contributed by atoms with van der Waals surface area (Å²) in [6, 6.07) is 20.0. The Labute approximate surface area is 156 Å². The minimum absolute atomic E-state index is 0.0497. The number of aromatic hydroxyl groups is 2. The minimum Gasteiger partial charge on any atom is -0.508 e. The summed E-state index contributed by atoms with van der Waals surface area (Å²) in [7, 11) is 0. The van der Waals surface area contributed by atoms with Crippen molar-refractivity contribution in [1.29, 1.82) is 0 Å². The van der Waals surface area contributed by atoms with Gasteiger partial charge in [-0.05, 0) is 29.3 Å². The van der Waals surface area contributed by atoms with Gasteiger partial charge in [0.15, 0.2) is 0 Å². The molecule has 3 N–H and O–H groups in total. The number of carbonyl (C=O) groups is 1. The number of nitrogens with one attached hydrogen (secondary N) is 1. The number of phenolic OH excluding ortho intramolecular Hbond substituents is 2. The number of halogens is 1. The number of carbonyl (C=O) groups excluding carboxylic acids is 1. The van der Waals surface area contributed by atoms with E-state index in [1.165, 1.54) is 24.3 Å². The number of rotatable bonds is 6. The maximum absolute atomic E-state index is 14.3. The molecule has 0 spiro atoms. The van der Waals surface area contributed by atoms with Gasteiger partial charge in [-0.25, -0.2) is 4.39 Å². The predicted octanol–water partition coefficient (Wildman–Crippen LogP) is 4.08. The number of amides is 1. The molecule has 27 heavy (non-hydrogen) atoms.